The Balaban J connectivity index is 1.82. The average molecular weight is 429 g/mol. The Labute approximate surface area is 180 Å². The summed E-state index contributed by atoms with van der Waals surface area (Å²) < 4.78 is 7.95. The van der Waals surface area contributed by atoms with E-state index in [0.29, 0.717) is 23.3 Å². The summed E-state index contributed by atoms with van der Waals surface area (Å²) >= 11 is 6.51. The second-order valence-electron chi connectivity index (χ2n) is 8.07. The van der Waals surface area contributed by atoms with Gasteiger partial charge in [0, 0.05) is 23.9 Å². The third-order valence-electron chi connectivity index (χ3n) is 5.63. The predicted octanol–water partition coefficient (Wildman–Crippen LogP) is 4.81. The van der Waals surface area contributed by atoms with E-state index in [4.69, 9.17) is 16.3 Å². The van der Waals surface area contributed by atoms with Crippen LogP contribution in [0.1, 0.15) is 45.2 Å². The van der Waals surface area contributed by atoms with Gasteiger partial charge in [-0.2, -0.15) is 10.1 Å². The molecule has 1 aromatic heterocycles. The van der Waals surface area contributed by atoms with E-state index >= 15 is 0 Å². The fraction of sp³-hybridized carbons (Fsp3) is 0.455. The molecule has 1 atom stereocenters. The number of halogens is 1. The van der Waals surface area contributed by atoms with Crippen molar-refractivity contribution in [2.45, 2.75) is 46.1 Å². The maximum absolute atomic E-state index is 12.9. The average Bonchev–Trinajstić information content (AvgIpc) is 3.13. The number of amides is 1. The minimum Gasteiger partial charge on any atom is -0.492 e. The van der Waals surface area contributed by atoms with Gasteiger partial charge in [-0.05, 0) is 36.5 Å². The van der Waals surface area contributed by atoms with Gasteiger partial charge in [0.25, 0.3) is 5.91 Å². The Hall–Kier alpha value is -2.67. The predicted molar refractivity (Wildman–Crippen MR) is 116 cm³/mol. The normalized spacial score (nSPS) is 17.4. The molecule has 0 fully saturated rings. The van der Waals surface area contributed by atoms with Crippen molar-refractivity contribution in [1.82, 2.24) is 4.57 Å². The Morgan fingerprint density at radius 3 is 2.73 bits per heavy atom. The molecule has 2 aromatic rings. The molecular formula is C22H25ClN4O3. The minimum absolute atomic E-state index is 0.0337. The lowest BCUT2D eigenvalue weighted by molar-refractivity contribution is -0.116. The van der Waals surface area contributed by atoms with Crippen LogP contribution in [-0.2, 0) is 11.2 Å². The van der Waals surface area contributed by atoms with Crippen molar-refractivity contribution in [2.75, 3.05) is 18.2 Å². The van der Waals surface area contributed by atoms with Gasteiger partial charge in [0.2, 0.25) is 5.43 Å². The Morgan fingerprint density at radius 1 is 1.27 bits per heavy atom. The molecular weight excluding hydrogens is 404 g/mol. The van der Waals surface area contributed by atoms with Crippen LogP contribution in [0.15, 0.2) is 39.5 Å². The van der Waals surface area contributed by atoms with Gasteiger partial charge in [-0.25, -0.2) is 0 Å². The largest absolute Gasteiger partial charge is 0.492 e. The summed E-state index contributed by atoms with van der Waals surface area (Å²) in [5.41, 5.74) is 2.76. The molecule has 1 unspecified atom stereocenters. The molecule has 158 valence electrons. The van der Waals surface area contributed by atoms with Crippen LogP contribution in [0.25, 0.3) is 11.3 Å². The second kappa shape index (κ2) is 8.22. The first kappa shape index (κ1) is 20.6. The minimum atomic E-state index is -0.304. The molecule has 7 nitrogen and oxygen atoms in total. The number of nitrogens with zero attached hydrogens (tertiary/aromatic N) is 4. The molecule has 1 aromatic carbocycles. The van der Waals surface area contributed by atoms with Crippen molar-refractivity contribution in [3.63, 3.8) is 0 Å². The van der Waals surface area contributed by atoms with Crippen molar-refractivity contribution in [1.29, 1.82) is 0 Å². The van der Waals surface area contributed by atoms with Crippen molar-refractivity contribution in [3.05, 3.63) is 45.2 Å². The fourth-order valence-corrected chi connectivity index (χ4v) is 4.18. The number of anilines is 1. The third-order valence-corrected chi connectivity index (χ3v) is 5.92. The molecule has 0 bridgehead atoms. The molecule has 0 spiro atoms. The summed E-state index contributed by atoms with van der Waals surface area (Å²) in [5, 5.41) is 9.19. The van der Waals surface area contributed by atoms with E-state index in [0.717, 1.165) is 41.1 Å². The molecule has 3 heterocycles. The first-order chi connectivity index (χ1) is 14.4. The maximum Gasteiger partial charge on any atom is 0.272 e. The molecule has 1 amide bonds. The molecule has 2 aliphatic rings. The van der Waals surface area contributed by atoms with Crippen molar-refractivity contribution >= 4 is 23.2 Å². The first-order valence-corrected chi connectivity index (χ1v) is 10.7. The van der Waals surface area contributed by atoms with Crippen molar-refractivity contribution in [2.24, 2.45) is 16.3 Å². The Morgan fingerprint density at radius 2 is 2.07 bits per heavy atom. The lowest BCUT2D eigenvalue weighted by Gasteiger charge is -2.34. The van der Waals surface area contributed by atoms with Crippen LogP contribution in [0.4, 0.5) is 5.69 Å². The van der Waals surface area contributed by atoms with E-state index in [1.807, 2.05) is 12.1 Å². The highest BCUT2D eigenvalue weighted by molar-refractivity contribution is 6.32. The topological polar surface area (TPSA) is 76.3 Å². The van der Waals surface area contributed by atoms with Crippen LogP contribution < -0.4 is 15.2 Å². The molecule has 0 saturated carbocycles. The van der Waals surface area contributed by atoms with Gasteiger partial charge in [0.1, 0.15) is 18.0 Å². The van der Waals surface area contributed by atoms with E-state index in [2.05, 4.69) is 35.7 Å². The fourth-order valence-electron chi connectivity index (χ4n) is 3.96. The Kier molecular flexibility index (Phi) is 5.64. The zero-order valence-electron chi connectivity index (χ0n) is 17.4. The number of hydrogen-bond donors (Lipinski definition) is 0. The van der Waals surface area contributed by atoms with Crippen LogP contribution in [0.3, 0.4) is 0 Å². The van der Waals surface area contributed by atoms with Gasteiger partial charge in [0.15, 0.2) is 0 Å². The molecule has 0 N–H and O–H groups in total. The van der Waals surface area contributed by atoms with Gasteiger partial charge in [0.05, 0.1) is 17.3 Å². The lowest BCUT2D eigenvalue weighted by atomic mass is 9.87. The second-order valence-corrected chi connectivity index (χ2v) is 8.47. The highest BCUT2D eigenvalue weighted by atomic mass is 35.5. The van der Waals surface area contributed by atoms with Gasteiger partial charge < -0.3 is 9.30 Å². The molecule has 2 aliphatic heterocycles. The lowest BCUT2D eigenvalue weighted by Crippen LogP contribution is -2.31. The number of ether oxygens (including phenoxy) is 1. The van der Waals surface area contributed by atoms with E-state index in [1.54, 1.807) is 12.3 Å². The highest BCUT2D eigenvalue weighted by Gasteiger charge is 2.30. The summed E-state index contributed by atoms with van der Waals surface area (Å²) in [5.74, 6) is 0.687. The number of unbranched alkanes of at least 4 members (excludes halogenated alkanes) is 1. The zero-order valence-corrected chi connectivity index (χ0v) is 18.1. The van der Waals surface area contributed by atoms with Crippen molar-refractivity contribution in [3.8, 4) is 17.0 Å². The Bertz CT molecular complexity index is 1080. The quantitative estimate of drug-likeness (QED) is 0.619. The zero-order chi connectivity index (χ0) is 21.4. The summed E-state index contributed by atoms with van der Waals surface area (Å²) in [6, 6.07) is 5.56. The number of rotatable bonds is 6. The van der Waals surface area contributed by atoms with Crippen molar-refractivity contribution < 1.29 is 9.53 Å². The highest BCUT2D eigenvalue weighted by Crippen LogP contribution is 2.42. The van der Waals surface area contributed by atoms with E-state index in [9.17, 15) is 9.59 Å². The number of carbonyl (C=O) groups excluding carboxylic acids is 1. The molecule has 4 rings (SSSR count). The number of fused-ring (bicyclic) bond motifs is 3. The summed E-state index contributed by atoms with van der Waals surface area (Å²) in [6.07, 6.45) is 4.53. The van der Waals surface area contributed by atoms with E-state index in [1.165, 1.54) is 0 Å². The van der Waals surface area contributed by atoms with Crippen LogP contribution in [0, 0.1) is 5.92 Å². The first-order valence-electron chi connectivity index (χ1n) is 10.3. The van der Waals surface area contributed by atoms with Gasteiger partial charge in [-0.3, -0.25) is 9.59 Å². The number of pyridine rings is 1. The summed E-state index contributed by atoms with van der Waals surface area (Å²) in [6.45, 7) is 7.00. The standard InChI is InChI=1S/C22H25ClN4O3/c1-4-5-6-30-21-8-14-7-17(13(2)3)26-12-19(27-22(29)11-24-25-27)20(28)10-18(26)15(14)9-16(21)23/h8-10,12-13,17H,4-7,11H2,1-3H3. The van der Waals surface area contributed by atoms with E-state index < -0.39 is 0 Å². The third kappa shape index (κ3) is 3.62. The van der Waals surface area contributed by atoms with Crippen LogP contribution in [-0.4, -0.2) is 23.6 Å². The monoisotopic (exact) mass is 428 g/mol. The van der Waals surface area contributed by atoms with Crippen LogP contribution in [0.2, 0.25) is 5.02 Å². The molecule has 0 saturated heterocycles. The maximum atomic E-state index is 12.9. The molecule has 30 heavy (non-hydrogen) atoms. The molecule has 0 aliphatic carbocycles. The van der Waals surface area contributed by atoms with Gasteiger partial charge in [-0.15, -0.1) is 0 Å². The number of hydrogen-bond acceptors (Lipinski definition) is 5. The number of carbonyl (C=O) groups is 1. The van der Waals surface area contributed by atoms with Gasteiger partial charge in [-0.1, -0.05) is 44.0 Å². The smallest absolute Gasteiger partial charge is 0.272 e. The number of benzene rings is 1. The molecule has 8 heteroatoms. The summed E-state index contributed by atoms with van der Waals surface area (Å²) in [4.78, 5) is 24.9. The van der Waals surface area contributed by atoms with Crippen LogP contribution in [0.5, 0.6) is 5.75 Å². The van der Waals surface area contributed by atoms with E-state index in [-0.39, 0.29) is 29.6 Å². The summed E-state index contributed by atoms with van der Waals surface area (Å²) in [7, 11) is 0. The number of aromatic nitrogens is 1. The van der Waals surface area contributed by atoms with Crippen LogP contribution >= 0.6 is 11.6 Å². The van der Waals surface area contributed by atoms with Gasteiger partial charge >= 0.3 is 0 Å². The molecule has 0 radical (unpaired) electrons. The SMILES string of the molecule is CCCCOc1cc2c(cc1Cl)-c1cc(=O)c(N3N=NCC3=O)cn1C(C(C)C)C2.